The summed E-state index contributed by atoms with van der Waals surface area (Å²) >= 11 is 4.51. The lowest BCUT2D eigenvalue weighted by Gasteiger charge is -2.14. The molecule has 2 N–H and O–H groups in total. The number of halogens is 2. The number of aliphatic hydroxyl groups is 1. The van der Waals surface area contributed by atoms with Crippen LogP contribution < -0.4 is 5.32 Å². The van der Waals surface area contributed by atoms with E-state index in [0.29, 0.717) is 9.68 Å². The summed E-state index contributed by atoms with van der Waals surface area (Å²) in [6, 6.07) is 0. The van der Waals surface area contributed by atoms with Crippen molar-refractivity contribution in [2.45, 2.75) is 10.3 Å². The van der Waals surface area contributed by atoms with Gasteiger partial charge in [0.25, 0.3) is 0 Å². The highest BCUT2D eigenvalue weighted by molar-refractivity contribution is 14.1. The molecule has 62 valence electrons. The molecule has 0 radical (unpaired) electrons. The Kier molecular flexibility index (Phi) is 3.97. The van der Waals surface area contributed by atoms with Gasteiger partial charge in [-0.1, -0.05) is 51.3 Å². The molecule has 0 fully saturated rings. The second-order valence-electron chi connectivity index (χ2n) is 2.25. The molecular formula is C7H9I2NO. The van der Waals surface area contributed by atoms with E-state index in [1.807, 2.05) is 6.08 Å². The van der Waals surface area contributed by atoms with E-state index in [1.54, 1.807) is 0 Å². The van der Waals surface area contributed by atoms with Gasteiger partial charge in [-0.15, -0.1) is 0 Å². The first-order valence-electron chi connectivity index (χ1n) is 3.28. The summed E-state index contributed by atoms with van der Waals surface area (Å²) in [6.45, 7) is 0. The average Bonchev–Trinajstić information content (AvgIpc) is 1.95. The van der Waals surface area contributed by atoms with Gasteiger partial charge in [0.15, 0.2) is 0 Å². The monoisotopic (exact) mass is 377 g/mol. The predicted octanol–water partition coefficient (Wildman–Crippen LogP) is 2.50. The molecule has 0 bridgehead atoms. The molecule has 0 aromatic rings. The molecule has 0 aromatic heterocycles. The third-order valence-electron chi connectivity index (χ3n) is 1.43. The summed E-state index contributed by atoms with van der Waals surface area (Å²) in [5.74, 6) is 0.476. The predicted molar refractivity (Wildman–Crippen MR) is 63.2 cm³/mol. The smallest absolute Gasteiger partial charge is 0.117 e. The molecule has 1 unspecified atom stereocenters. The van der Waals surface area contributed by atoms with Gasteiger partial charge in [0.05, 0.1) is 10.2 Å². The fourth-order valence-electron chi connectivity index (χ4n) is 0.892. The van der Waals surface area contributed by atoms with E-state index >= 15 is 0 Å². The van der Waals surface area contributed by atoms with Gasteiger partial charge in [-0.25, -0.2) is 0 Å². The summed E-state index contributed by atoms with van der Waals surface area (Å²) in [6.07, 6.45) is 4.78. The molecule has 11 heavy (non-hydrogen) atoms. The molecular weight excluding hydrogens is 368 g/mol. The number of alkyl halides is 2. The van der Waals surface area contributed by atoms with Crippen molar-refractivity contribution in [3.8, 4) is 0 Å². The Morgan fingerprint density at radius 1 is 1.73 bits per heavy atom. The Hall–Kier alpha value is 0.540. The van der Waals surface area contributed by atoms with Crippen LogP contribution in [0.3, 0.4) is 0 Å². The zero-order chi connectivity index (χ0) is 8.27. The Balaban J connectivity index is 2.64. The molecule has 1 aliphatic carbocycles. The lowest BCUT2D eigenvalue weighted by atomic mass is 10.1. The Labute approximate surface area is 93.4 Å². The number of rotatable bonds is 2. The summed E-state index contributed by atoms with van der Waals surface area (Å²) < 4.78 is 1.26. The van der Waals surface area contributed by atoms with Gasteiger partial charge in [0.2, 0.25) is 0 Å². The second-order valence-corrected chi connectivity index (χ2v) is 4.61. The Morgan fingerprint density at radius 2 is 2.45 bits per heavy atom. The number of aliphatic hydroxyl groups excluding tert-OH is 1. The van der Waals surface area contributed by atoms with Gasteiger partial charge >= 0.3 is 0 Å². The third-order valence-corrected chi connectivity index (χ3v) is 2.67. The van der Waals surface area contributed by atoms with Gasteiger partial charge < -0.3 is 10.4 Å². The van der Waals surface area contributed by atoms with Crippen molar-refractivity contribution in [2.24, 2.45) is 0 Å². The minimum Gasteiger partial charge on any atom is -0.510 e. The van der Waals surface area contributed by atoms with Crippen LogP contribution in [0.25, 0.3) is 0 Å². The van der Waals surface area contributed by atoms with Crippen LogP contribution in [0.5, 0.6) is 0 Å². The van der Waals surface area contributed by atoms with E-state index in [2.05, 4.69) is 56.6 Å². The number of hydrogen-bond acceptors (Lipinski definition) is 2. The van der Waals surface area contributed by atoms with Crippen molar-refractivity contribution in [1.29, 1.82) is 0 Å². The van der Waals surface area contributed by atoms with E-state index < -0.39 is 0 Å². The van der Waals surface area contributed by atoms with Gasteiger partial charge in [0, 0.05) is 10.3 Å². The zero-order valence-electron chi connectivity index (χ0n) is 5.85. The first-order valence-corrected chi connectivity index (χ1v) is 6.05. The lowest BCUT2D eigenvalue weighted by Crippen LogP contribution is -2.15. The van der Waals surface area contributed by atoms with Gasteiger partial charge in [0.1, 0.15) is 5.76 Å². The average molecular weight is 377 g/mol. The van der Waals surface area contributed by atoms with E-state index in [-0.39, 0.29) is 0 Å². The van der Waals surface area contributed by atoms with Crippen LogP contribution in [-0.2, 0) is 0 Å². The van der Waals surface area contributed by atoms with Crippen molar-refractivity contribution in [2.75, 3.05) is 4.55 Å². The van der Waals surface area contributed by atoms with Crippen molar-refractivity contribution in [1.82, 2.24) is 5.32 Å². The Bertz CT molecular complexity index is 201. The topological polar surface area (TPSA) is 32.3 Å². The molecule has 1 aliphatic rings. The molecule has 1 atom stereocenters. The molecule has 0 saturated carbocycles. The molecule has 0 spiro atoms. The fourth-order valence-corrected chi connectivity index (χ4v) is 1.93. The highest BCUT2D eigenvalue weighted by Gasteiger charge is 2.11. The van der Waals surface area contributed by atoms with Crippen molar-refractivity contribution >= 4 is 45.2 Å². The van der Waals surface area contributed by atoms with E-state index in [1.165, 1.54) is 0 Å². The molecule has 0 aliphatic heterocycles. The van der Waals surface area contributed by atoms with E-state index in [9.17, 15) is 5.11 Å². The summed E-state index contributed by atoms with van der Waals surface area (Å²) in [4.78, 5) is 0. The van der Waals surface area contributed by atoms with Crippen LogP contribution in [0, 0.1) is 0 Å². The molecule has 0 heterocycles. The maximum Gasteiger partial charge on any atom is 0.117 e. The van der Waals surface area contributed by atoms with Crippen LogP contribution in [0.4, 0.5) is 0 Å². The van der Waals surface area contributed by atoms with E-state index in [0.717, 1.165) is 16.7 Å². The van der Waals surface area contributed by atoms with Crippen LogP contribution in [0.1, 0.15) is 6.42 Å². The summed E-state index contributed by atoms with van der Waals surface area (Å²) in [5, 5.41) is 12.5. The maximum absolute atomic E-state index is 9.43. The first-order chi connectivity index (χ1) is 5.24. The maximum atomic E-state index is 9.43. The summed E-state index contributed by atoms with van der Waals surface area (Å²) in [7, 11) is 0. The van der Waals surface area contributed by atoms with Crippen molar-refractivity contribution < 1.29 is 5.11 Å². The molecule has 1 rings (SSSR count). The van der Waals surface area contributed by atoms with Crippen molar-refractivity contribution in [3.05, 3.63) is 23.6 Å². The highest BCUT2D eigenvalue weighted by atomic mass is 127. The van der Waals surface area contributed by atoms with Gasteiger partial charge in [-0.05, 0) is 6.08 Å². The van der Waals surface area contributed by atoms with E-state index in [4.69, 9.17) is 0 Å². The number of allylic oxidation sites excluding steroid dienone is 3. The standard InChI is InChI=1S/C7H9I2NO/c8-4-10-6-2-1-5(9)3-7(6)11/h1-2,5,10-11H,3-4H2. The minimum atomic E-state index is 0.437. The summed E-state index contributed by atoms with van der Waals surface area (Å²) in [5.41, 5.74) is 0.868. The third kappa shape index (κ3) is 2.81. The normalized spacial score (nSPS) is 24.0. The Morgan fingerprint density at radius 3 is 3.00 bits per heavy atom. The first kappa shape index (κ1) is 9.63. The van der Waals surface area contributed by atoms with Crippen LogP contribution >= 0.6 is 45.2 Å². The molecule has 0 aromatic carbocycles. The van der Waals surface area contributed by atoms with Crippen LogP contribution in [-0.4, -0.2) is 13.6 Å². The van der Waals surface area contributed by atoms with Crippen LogP contribution in [0.15, 0.2) is 23.6 Å². The number of nitrogens with one attached hydrogen (secondary N) is 1. The highest BCUT2D eigenvalue weighted by Crippen LogP contribution is 2.20. The zero-order valence-corrected chi connectivity index (χ0v) is 10.2. The largest absolute Gasteiger partial charge is 0.510 e. The van der Waals surface area contributed by atoms with Gasteiger partial charge in [-0.3, -0.25) is 0 Å². The van der Waals surface area contributed by atoms with Gasteiger partial charge in [-0.2, -0.15) is 0 Å². The van der Waals surface area contributed by atoms with Crippen molar-refractivity contribution in [3.63, 3.8) is 0 Å². The lowest BCUT2D eigenvalue weighted by molar-refractivity contribution is 0.380. The molecule has 0 saturated heterocycles. The molecule has 0 amide bonds. The number of hydrogen-bond donors (Lipinski definition) is 2. The van der Waals surface area contributed by atoms with Crippen LogP contribution in [0.2, 0.25) is 0 Å². The minimum absolute atomic E-state index is 0.437. The fraction of sp³-hybridized carbons (Fsp3) is 0.429. The second kappa shape index (κ2) is 4.54. The quantitative estimate of drug-likeness (QED) is 0.441. The SMILES string of the molecule is OC1=C(NCI)C=CC(I)C1. The molecule has 2 nitrogen and oxygen atoms in total. The molecule has 4 heteroatoms.